The third-order valence-corrected chi connectivity index (χ3v) is 11.3. The lowest BCUT2D eigenvalue weighted by molar-refractivity contribution is -0.140. The van der Waals surface area contributed by atoms with E-state index in [1.165, 1.54) is 28.3 Å². The van der Waals surface area contributed by atoms with Gasteiger partial charge in [-0.05, 0) is 169 Å². The van der Waals surface area contributed by atoms with Crippen LogP contribution in [-0.2, 0) is 32.3 Å². The van der Waals surface area contributed by atoms with E-state index in [9.17, 15) is 9.59 Å². The Morgan fingerprint density at radius 2 is 0.831 bits per heavy atom. The van der Waals surface area contributed by atoms with Crippen LogP contribution in [0.1, 0.15) is 62.6 Å². The normalized spacial score (nSPS) is 11.1. The summed E-state index contributed by atoms with van der Waals surface area (Å²) in [7, 11) is 0. The van der Waals surface area contributed by atoms with Crippen LogP contribution in [0, 0.1) is 27.7 Å². The molecule has 6 heteroatoms. The monoisotopic (exact) mass is 854 g/mol. The summed E-state index contributed by atoms with van der Waals surface area (Å²) < 4.78 is 10.6. The first kappa shape index (κ1) is 45.1. The van der Waals surface area contributed by atoms with E-state index in [2.05, 4.69) is 208 Å². The quantitative estimate of drug-likeness (QED) is 0.0548. The highest BCUT2D eigenvalue weighted by atomic mass is 16.5. The summed E-state index contributed by atoms with van der Waals surface area (Å²) in [6, 6.07) is 54.8. The van der Waals surface area contributed by atoms with Gasteiger partial charge in [-0.3, -0.25) is 0 Å². The van der Waals surface area contributed by atoms with Crippen molar-refractivity contribution in [3.05, 3.63) is 238 Å². The molecule has 65 heavy (non-hydrogen) atoms. The summed E-state index contributed by atoms with van der Waals surface area (Å²) in [6.07, 6.45) is 9.73. The molecular formula is C59H54N2O4. The molecule has 0 aliphatic carbocycles. The van der Waals surface area contributed by atoms with Crippen molar-refractivity contribution in [3.63, 3.8) is 0 Å². The molecule has 0 aliphatic rings. The van der Waals surface area contributed by atoms with Crippen LogP contribution < -0.4 is 9.80 Å². The van der Waals surface area contributed by atoms with Gasteiger partial charge in [0.05, 0.1) is 0 Å². The van der Waals surface area contributed by atoms with Crippen molar-refractivity contribution >= 4 is 70.4 Å². The van der Waals surface area contributed by atoms with Crippen LogP contribution in [0.15, 0.2) is 183 Å². The van der Waals surface area contributed by atoms with Crippen LogP contribution >= 0.6 is 0 Å². The Balaban J connectivity index is 1.05. The standard InChI is InChI=1S/C59H54N2O4/c1-8-58(62)64-39-50-22-32-54(33-23-50)60(56-26-12-42(4)44(6)36-56)52-28-18-46(19-29-52)14-16-48-10-9-11-49(38-48)17-15-47-20-30-53(31-21-47)61(57-27-13-43(5)45(7)37-57)55-34-24-51(25-35-55)40-65-59(63)41(2)3/h8-38H,1-2,39-40H2,3-7H3. The minimum atomic E-state index is -0.441. The van der Waals surface area contributed by atoms with E-state index in [0.717, 1.165) is 67.5 Å². The van der Waals surface area contributed by atoms with Crippen LogP contribution in [0.2, 0.25) is 0 Å². The van der Waals surface area contributed by atoms with Gasteiger partial charge < -0.3 is 19.3 Å². The molecule has 7 aromatic rings. The Kier molecular flexibility index (Phi) is 14.5. The fraction of sp³-hybridized carbons (Fsp3) is 0.119. The van der Waals surface area contributed by atoms with Crippen LogP contribution in [-0.4, -0.2) is 11.9 Å². The average molecular weight is 855 g/mol. The van der Waals surface area contributed by atoms with Gasteiger partial charge in [0.15, 0.2) is 0 Å². The maximum atomic E-state index is 12.0. The van der Waals surface area contributed by atoms with Gasteiger partial charge in [0, 0.05) is 45.8 Å². The van der Waals surface area contributed by atoms with E-state index in [1.54, 1.807) is 6.92 Å². The van der Waals surface area contributed by atoms with Crippen molar-refractivity contribution in [2.45, 2.75) is 47.8 Å². The van der Waals surface area contributed by atoms with Crippen molar-refractivity contribution in [2.75, 3.05) is 9.80 Å². The number of aryl methyl sites for hydroxylation is 4. The van der Waals surface area contributed by atoms with Crippen LogP contribution in [0.3, 0.4) is 0 Å². The molecule has 0 unspecified atom stereocenters. The first-order valence-corrected chi connectivity index (χ1v) is 21.6. The number of anilines is 6. The molecule has 7 aromatic carbocycles. The summed E-state index contributed by atoms with van der Waals surface area (Å²) >= 11 is 0. The zero-order chi connectivity index (χ0) is 45.9. The van der Waals surface area contributed by atoms with Crippen molar-refractivity contribution in [1.29, 1.82) is 0 Å². The number of carbonyl (C=O) groups is 2. The fourth-order valence-electron chi connectivity index (χ4n) is 7.21. The second-order valence-electron chi connectivity index (χ2n) is 16.2. The molecule has 324 valence electrons. The third kappa shape index (κ3) is 11.7. The molecule has 0 bridgehead atoms. The fourth-order valence-corrected chi connectivity index (χ4v) is 7.21. The SMILES string of the molecule is C=CC(=O)OCc1ccc(N(c2ccc(C=Cc3cccc(C=Cc4ccc(N(c5ccc(COC(=O)C(=C)C)cc5)c5ccc(C)c(C)c5)cc4)c3)cc2)c2ccc(C)c(C)c2)cc1. The molecule has 0 N–H and O–H groups in total. The summed E-state index contributed by atoms with van der Waals surface area (Å²) in [5.41, 5.74) is 17.7. The van der Waals surface area contributed by atoms with Gasteiger partial charge in [0.2, 0.25) is 0 Å². The Morgan fingerprint density at radius 3 is 1.22 bits per heavy atom. The van der Waals surface area contributed by atoms with Crippen LogP contribution in [0.5, 0.6) is 0 Å². The topological polar surface area (TPSA) is 59.1 Å². The molecule has 0 saturated heterocycles. The van der Waals surface area contributed by atoms with E-state index < -0.39 is 11.9 Å². The van der Waals surface area contributed by atoms with Crippen molar-refractivity contribution in [1.82, 2.24) is 0 Å². The lowest BCUT2D eigenvalue weighted by Crippen LogP contribution is -2.10. The number of esters is 2. The summed E-state index contributed by atoms with van der Waals surface area (Å²) in [4.78, 5) is 28.0. The Labute approximate surface area is 383 Å². The van der Waals surface area contributed by atoms with Gasteiger partial charge >= 0.3 is 11.9 Å². The van der Waals surface area contributed by atoms with E-state index in [1.807, 2.05) is 24.3 Å². The smallest absolute Gasteiger partial charge is 0.333 e. The molecule has 0 radical (unpaired) electrons. The van der Waals surface area contributed by atoms with Gasteiger partial charge in [-0.1, -0.05) is 116 Å². The third-order valence-electron chi connectivity index (χ3n) is 11.3. The predicted octanol–water partition coefficient (Wildman–Crippen LogP) is 15.0. The zero-order valence-electron chi connectivity index (χ0n) is 37.8. The maximum Gasteiger partial charge on any atom is 0.333 e. The van der Waals surface area contributed by atoms with Crippen molar-refractivity contribution in [2.24, 2.45) is 0 Å². The maximum absolute atomic E-state index is 12.0. The number of rotatable bonds is 16. The highest BCUT2D eigenvalue weighted by Gasteiger charge is 2.16. The lowest BCUT2D eigenvalue weighted by atomic mass is 10.1. The second kappa shape index (κ2) is 20.9. The van der Waals surface area contributed by atoms with Gasteiger partial charge in [-0.25, -0.2) is 9.59 Å². The first-order chi connectivity index (χ1) is 31.4. The average Bonchev–Trinajstić information content (AvgIpc) is 3.32. The molecule has 0 atom stereocenters. The van der Waals surface area contributed by atoms with E-state index in [-0.39, 0.29) is 13.2 Å². The molecule has 0 fully saturated rings. The van der Waals surface area contributed by atoms with Crippen LogP contribution in [0.4, 0.5) is 34.1 Å². The molecule has 0 spiro atoms. The Bertz CT molecular complexity index is 2870. The van der Waals surface area contributed by atoms with Crippen molar-refractivity contribution in [3.8, 4) is 0 Å². The van der Waals surface area contributed by atoms with Crippen molar-refractivity contribution < 1.29 is 19.1 Å². The second-order valence-corrected chi connectivity index (χ2v) is 16.2. The number of benzene rings is 7. The number of hydrogen-bond acceptors (Lipinski definition) is 6. The molecule has 0 aliphatic heterocycles. The molecule has 0 heterocycles. The molecule has 6 nitrogen and oxygen atoms in total. The molecule has 7 rings (SSSR count). The Morgan fingerprint density at radius 1 is 0.462 bits per heavy atom. The zero-order valence-corrected chi connectivity index (χ0v) is 37.8. The van der Waals surface area contributed by atoms with Gasteiger partial charge in [0.25, 0.3) is 0 Å². The van der Waals surface area contributed by atoms with E-state index in [0.29, 0.717) is 5.57 Å². The Hall–Kier alpha value is -7.96. The predicted molar refractivity (Wildman–Crippen MR) is 270 cm³/mol. The number of carbonyl (C=O) groups excluding carboxylic acids is 2. The molecule has 0 saturated carbocycles. The summed E-state index contributed by atoms with van der Waals surface area (Å²) in [5, 5.41) is 0. The van der Waals surface area contributed by atoms with Crippen LogP contribution in [0.25, 0.3) is 24.3 Å². The molecular weight excluding hydrogens is 801 g/mol. The lowest BCUT2D eigenvalue weighted by Gasteiger charge is -2.26. The minimum Gasteiger partial charge on any atom is -0.458 e. The summed E-state index contributed by atoms with van der Waals surface area (Å²) in [5.74, 6) is -0.835. The van der Waals surface area contributed by atoms with Gasteiger partial charge in [-0.2, -0.15) is 0 Å². The van der Waals surface area contributed by atoms with E-state index >= 15 is 0 Å². The molecule has 0 aromatic heterocycles. The highest BCUT2D eigenvalue weighted by molar-refractivity contribution is 5.87. The number of ether oxygens (including phenoxy) is 2. The largest absolute Gasteiger partial charge is 0.458 e. The highest BCUT2D eigenvalue weighted by Crippen LogP contribution is 2.37. The minimum absolute atomic E-state index is 0.190. The first-order valence-electron chi connectivity index (χ1n) is 21.6. The van der Waals surface area contributed by atoms with E-state index in [4.69, 9.17) is 9.47 Å². The number of hydrogen-bond donors (Lipinski definition) is 0. The van der Waals surface area contributed by atoms with Gasteiger partial charge in [0.1, 0.15) is 13.2 Å². The number of nitrogens with zero attached hydrogens (tertiary/aromatic N) is 2. The molecule has 0 amide bonds. The van der Waals surface area contributed by atoms with Gasteiger partial charge in [-0.15, -0.1) is 0 Å². The summed E-state index contributed by atoms with van der Waals surface area (Å²) in [6.45, 7) is 17.7.